The highest BCUT2D eigenvalue weighted by atomic mass is 32.2. The van der Waals surface area contributed by atoms with Crippen LogP contribution >= 0.6 is 0 Å². The number of hydrogen-bond acceptors (Lipinski definition) is 4. The Balaban J connectivity index is 1.68. The fourth-order valence-electron chi connectivity index (χ4n) is 5.29. The van der Waals surface area contributed by atoms with Crippen molar-refractivity contribution in [2.24, 2.45) is 16.7 Å². The van der Waals surface area contributed by atoms with Gasteiger partial charge in [0.05, 0.1) is 22.4 Å². The van der Waals surface area contributed by atoms with Gasteiger partial charge in [0.25, 0.3) is 0 Å². The van der Waals surface area contributed by atoms with Crippen LogP contribution in [-0.4, -0.2) is 37.6 Å². The second kappa shape index (κ2) is 5.31. The van der Waals surface area contributed by atoms with Crippen LogP contribution in [0.25, 0.3) is 0 Å². The SMILES string of the molecule is CC1(C)[C@H]2CC[C@@]1(CS(=O)(=O)N1CCc3cc(C(=O)O)ccc31)C(=O)C2. The highest BCUT2D eigenvalue weighted by Crippen LogP contribution is 2.64. The first-order valence-corrected chi connectivity index (χ1v) is 10.6. The minimum Gasteiger partial charge on any atom is -0.478 e. The Morgan fingerprint density at radius 1 is 1.35 bits per heavy atom. The number of ketones is 1. The number of carboxylic acids is 1. The van der Waals surface area contributed by atoms with E-state index in [1.807, 2.05) is 13.8 Å². The van der Waals surface area contributed by atoms with E-state index in [9.17, 15) is 18.0 Å². The third-order valence-corrected chi connectivity index (χ3v) is 8.99. The second-order valence-electron chi connectivity index (χ2n) is 8.39. The monoisotopic (exact) mass is 377 g/mol. The molecule has 0 unspecified atom stereocenters. The van der Waals surface area contributed by atoms with Crippen molar-refractivity contribution in [2.45, 2.75) is 39.5 Å². The molecule has 2 bridgehead atoms. The van der Waals surface area contributed by atoms with Crippen LogP contribution in [0, 0.1) is 16.7 Å². The number of nitrogens with zero attached hydrogens (tertiary/aromatic N) is 1. The highest BCUT2D eigenvalue weighted by Gasteiger charge is 2.65. The summed E-state index contributed by atoms with van der Waals surface area (Å²) in [4.78, 5) is 23.8. The zero-order valence-electron chi connectivity index (χ0n) is 15.0. The molecule has 1 aliphatic heterocycles. The highest BCUT2D eigenvalue weighted by molar-refractivity contribution is 7.92. The van der Waals surface area contributed by atoms with Gasteiger partial charge in [-0.2, -0.15) is 0 Å². The maximum absolute atomic E-state index is 13.2. The standard InChI is InChI=1S/C19H23NO5S/c1-18(2)14-5-7-19(18,16(21)10-14)11-26(24,25)20-8-6-12-9-13(17(22)23)3-4-15(12)20/h3-4,9,14H,5-8,10-11H2,1-2H3,(H,22,23)/t14-,19+/m0/s1. The molecule has 1 aromatic carbocycles. The normalized spacial score (nSPS) is 29.2. The molecule has 2 atom stereocenters. The molecule has 2 saturated carbocycles. The van der Waals surface area contributed by atoms with E-state index in [2.05, 4.69) is 0 Å². The number of carbonyl (C=O) groups excluding carboxylic acids is 1. The zero-order chi connectivity index (χ0) is 18.9. The number of benzene rings is 1. The summed E-state index contributed by atoms with van der Waals surface area (Å²) in [5.74, 6) is -0.817. The van der Waals surface area contributed by atoms with Crippen molar-refractivity contribution in [3.05, 3.63) is 29.3 Å². The van der Waals surface area contributed by atoms with Crippen molar-refractivity contribution >= 4 is 27.5 Å². The minimum atomic E-state index is -3.67. The molecule has 7 heteroatoms. The van der Waals surface area contributed by atoms with E-state index in [4.69, 9.17) is 5.11 Å². The fraction of sp³-hybridized carbons (Fsp3) is 0.579. The maximum atomic E-state index is 13.2. The molecular formula is C19H23NO5S. The first-order valence-electron chi connectivity index (χ1n) is 8.98. The van der Waals surface area contributed by atoms with Crippen molar-refractivity contribution in [3.63, 3.8) is 0 Å². The molecule has 1 N–H and O–H groups in total. The Kier molecular flexibility index (Phi) is 3.58. The van der Waals surface area contributed by atoms with E-state index in [-0.39, 0.29) is 28.4 Å². The summed E-state index contributed by atoms with van der Waals surface area (Å²) in [6.45, 7) is 4.36. The van der Waals surface area contributed by atoms with E-state index in [1.54, 1.807) is 12.1 Å². The first-order chi connectivity index (χ1) is 12.1. The Morgan fingerprint density at radius 3 is 2.65 bits per heavy atom. The average molecular weight is 377 g/mol. The molecule has 0 aromatic heterocycles. The van der Waals surface area contributed by atoms with Gasteiger partial charge in [0.1, 0.15) is 5.78 Å². The number of hydrogen-bond donors (Lipinski definition) is 1. The van der Waals surface area contributed by atoms with Gasteiger partial charge in [-0.3, -0.25) is 9.10 Å². The number of Topliss-reactive ketones (excluding diaryl/α,β-unsaturated/α-hetero) is 1. The molecule has 1 heterocycles. The van der Waals surface area contributed by atoms with Crippen LogP contribution in [0.3, 0.4) is 0 Å². The minimum absolute atomic E-state index is 0.0861. The number of anilines is 1. The largest absolute Gasteiger partial charge is 0.478 e. The fourth-order valence-corrected chi connectivity index (χ4v) is 7.59. The van der Waals surface area contributed by atoms with Crippen LogP contribution in [0.15, 0.2) is 18.2 Å². The summed E-state index contributed by atoms with van der Waals surface area (Å²) in [7, 11) is -3.67. The number of carboxylic acid groups (broad SMARTS) is 1. The van der Waals surface area contributed by atoms with Crippen LogP contribution in [-0.2, 0) is 21.2 Å². The average Bonchev–Trinajstić information content (AvgIpc) is 3.14. The van der Waals surface area contributed by atoms with E-state index >= 15 is 0 Å². The number of carbonyl (C=O) groups is 2. The van der Waals surface area contributed by atoms with Gasteiger partial charge in [-0.05, 0) is 54.4 Å². The van der Waals surface area contributed by atoms with Gasteiger partial charge in [-0.15, -0.1) is 0 Å². The molecule has 0 spiro atoms. The molecular weight excluding hydrogens is 354 g/mol. The molecule has 0 radical (unpaired) electrons. The van der Waals surface area contributed by atoms with E-state index in [1.165, 1.54) is 10.4 Å². The Hall–Kier alpha value is -1.89. The number of rotatable bonds is 4. The molecule has 4 rings (SSSR count). The number of aromatic carboxylic acids is 1. The maximum Gasteiger partial charge on any atom is 0.335 e. The Labute approximate surface area is 153 Å². The zero-order valence-corrected chi connectivity index (χ0v) is 15.8. The van der Waals surface area contributed by atoms with Crippen molar-refractivity contribution < 1.29 is 23.1 Å². The van der Waals surface area contributed by atoms with Crippen molar-refractivity contribution in [3.8, 4) is 0 Å². The van der Waals surface area contributed by atoms with Gasteiger partial charge in [-0.1, -0.05) is 13.8 Å². The van der Waals surface area contributed by atoms with Crippen LogP contribution in [0.4, 0.5) is 5.69 Å². The molecule has 6 nitrogen and oxygen atoms in total. The predicted molar refractivity (Wildman–Crippen MR) is 96.8 cm³/mol. The molecule has 1 aromatic rings. The van der Waals surface area contributed by atoms with E-state index < -0.39 is 21.4 Å². The van der Waals surface area contributed by atoms with Crippen LogP contribution in [0.2, 0.25) is 0 Å². The number of fused-ring (bicyclic) bond motifs is 3. The van der Waals surface area contributed by atoms with Crippen molar-refractivity contribution in [2.75, 3.05) is 16.6 Å². The Bertz CT molecular complexity index is 920. The topological polar surface area (TPSA) is 91.8 Å². The first kappa shape index (κ1) is 17.5. The van der Waals surface area contributed by atoms with Crippen LogP contribution in [0.1, 0.15) is 49.0 Å². The summed E-state index contributed by atoms with van der Waals surface area (Å²) < 4.78 is 27.9. The van der Waals surface area contributed by atoms with Crippen LogP contribution < -0.4 is 4.31 Å². The molecule has 0 saturated heterocycles. The molecule has 2 aliphatic carbocycles. The summed E-state index contributed by atoms with van der Waals surface area (Å²) in [6.07, 6.45) is 2.53. The lowest BCUT2D eigenvalue weighted by molar-refractivity contribution is -0.128. The number of sulfonamides is 1. The van der Waals surface area contributed by atoms with Gasteiger partial charge < -0.3 is 5.11 Å². The lowest BCUT2D eigenvalue weighted by Crippen LogP contribution is -2.46. The molecule has 3 aliphatic rings. The van der Waals surface area contributed by atoms with Gasteiger partial charge >= 0.3 is 5.97 Å². The predicted octanol–water partition coefficient (Wildman–Crippen LogP) is 2.47. The molecule has 140 valence electrons. The summed E-state index contributed by atoms with van der Waals surface area (Å²) in [6, 6.07) is 4.55. The third kappa shape index (κ3) is 2.19. The van der Waals surface area contributed by atoms with Crippen molar-refractivity contribution in [1.29, 1.82) is 0 Å². The van der Waals surface area contributed by atoms with E-state index in [0.29, 0.717) is 31.5 Å². The Morgan fingerprint density at radius 2 is 2.08 bits per heavy atom. The molecule has 26 heavy (non-hydrogen) atoms. The van der Waals surface area contributed by atoms with Gasteiger partial charge in [0.15, 0.2) is 0 Å². The summed E-state index contributed by atoms with van der Waals surface area (Å²) in [5, 5.41) is 9.12. The third-order valence-electron chi connectivity index (χ3n) is 7.08. The van der Waals surface area contributed by atoms with Gasteiger partial charge in [0, 0.05) is 13.0 Å². The lowest BCUT2D eigenvalue weighted by Gasteiger charge is -2.37. The van der Waals surface area contributed by atoms with E-state index in [0.717, 1.165) is 12.0 Å². The van der Waals surface area contributed by atoms with Crippen LogP contribution in [0.5, 0.6) is 0 Å². The van der Waals surface area contributed by atoms with Crippen molar-refractivity contribution in [1.82, 2.24) is 0 Å². The molecule has 2 fully saturated rings. The second-order valence-corrected chi connectivity index (χ2v) is 10.3. The van der Waals surface area contributed by atoms with Gasteiger partial charge in [-0.25, -0.2) is 13.2 Å². The molecule has 0 amide bonds. The lowest BCUT2D eigenvalue weighted by atomic mass is 9.70. The summed E-state index contributed by atoms with van der Waals surface area (Å²) >= 11 is 0. The summed E-state index contributed by atoms with van der Waals surface area (Å²) in [5.41, 5.74) is 0.344. The quantitative estimate of drug-likeness (QED) is 0.870. The van der Waals surface area contributed by atoms with Gasteiger partial charge in [0.2, 0.25) is 10.0 Å². The smallest absolute Gasteiger partial charge is 0.335 e.